The lowest BCUT2D eigenvalue weighted by Gasteiger charge is -2.29. The van der Waals surface area contributed by atoms with Crippen molar-refractivity contribution in [3.05, 3.63) is 89.7 Å². The van der Waals surface area contributed by atoms with E-state index in [1.165, 1.54) is 22.5 Å². The first-order chi connectivity index (χ1) is 16.2. The third kappa shape index (κ3) is 4.63. The fourth-order valence-corrected chi connectivity index (χ4v) is 5.36. The number of furan rings is 1. The molecule has 0 unspecified atom stereocenters. The number of hydrogen-bond donors (Lipinski definition) is 1. The molecule has 0 atom stereocenters. The van der Waals surface area contributed by atoms with Crippen molar-refractivity contribution in [2.24, 2.45) is 0 Å². The zero-order valence-corrected chi connectivity index (χ0v) is 19.9. The predicted octanol–water partition coefficient (Wildman–Crippen LogP) is 5.62. The summed E-state index contributed by atoms with van der Waals surface area (Å²) < 4.78 is 40.0. The summed E-state index contributed by atoms with van der Waals surface area (Å²) in [6.45, 7) is 5.41. The first-order valence-corrected chi connectivity index (χ1v) is 12.2. The Morgan fingerprint density at radius 2 is 1.65 bits per heavy atom. The molecule has 0 spiro atoms. The van der Waals surface area contributed by atoms with Gasteiger partial charge in [-0.1, -0.05) is 36.4 Å². The number of aromatic carboxylic acids is 1. The van der Waals surface area contributed by atoms with E-state index >= 15 is 0 Å². The van der Waals surface area contributed by atoms with Gasteiger partial charge in [0, 0.05) is 6.04 Å². The lowest BCUT2D eigenvalue weighted by molar-refractivity contribution is 0.0697. The Hall–Kier alpha value is -3.78. The number of carbonyl (C=O) groups is 1. The Labute approximate surface area is 198 Å². The largest absolute Gasteiger partial charge is 0.487 e. The standard InChI is InChI=1S/C26H25NO6S/c1-17(2)27(34(30,31)25-13-8-18(3)33-25)23-14-21-6-4-5-7-22(21)15-24(23)32-16-19-9-11-20(12-10-19)26(28)29/h4-15,17H,16H2,1-3H3,(H,28,29). The first-order valence-electron chi connectivity index (χ1n) is 10.8. The molecule has 0 aliphatic carbocycles. The van der Waals surface area contributed by atoms with Crippen molar-refractivity contribution in [1.82, 2.24) is 0 Å². The van der Waals surface area contributed by atoms with Crippen LogP contribution in [0.25, 0.3) is 10.8 Å². The number of anilines is 1. The van der Waals surface area contributed by atoms with Gasteiger partial charge in [0.25, 0.3) is 10.0 Å². The van der Waals surface area contributed by atoms with Crippen LogP contribution in [0.3, 0.4) is 0 Å². The quantitative estimate of drug-likeness (QED) is 0.352. The summed E-state index contributed by atoms with van der Waals surface area (Å²) in [5.41, 5.74) is 1.33. The highest BCUT2D eigenvalue weighted by Crippen LogP contribution is 2.38. The van der Waals surface area contributed by atoms with Crippen molar-refractivity contribution in [2.45, 2.75) is 38.5 Å². The number of fused-ring (bicyclic) bond motifs is 1. The maximum Gasteiger partial charge on any atom is 0.335 e. The Bertz CT molecular complexity index is 1440. The molecule has 1 N–H and O–H groups in total. The second-order valence-corrected chi connectivity index (χ2v) is 9.96. The van der Waals surface area contributed by atoms with Gasteiger partial charge in [0.1, 0.15) is 18.1 Å². The fraction of sp³-hybridized carbons (Fsp3) is 0.192. The van der Waals surface area contributed by atoms with Crippen LogP contribution in [-0.4, -0.2) is 25.5 Å². The van der Waals surface area contributed by atoms with E-state index in [1.807, 2.05) is 30.3 Å². The van der Waals surface area contributed by atoms with E-state index in [9.17, 15) is 13.2 Å². The number of aryl methyl sites for hydroxylation is 1. The number of benzene rings is 3. The molecule has 0 radical (unpaired) electrons. The fourth-order valence-electron chi connectivity index (χ4n) is 3.73. The Balaban J connectivity index is 1.78. The summed E-state index contributed by atoms with van der Waals surface area (Å²) in [5.74, 6) is -0.112. The van der Waals surface area contributed by atoms with Crippen LogP contribution in [0.1, 0.15) is 35.5 Å². The molecule has 0 saturated heterocycles. The highest BCUT2D eigenvalue weighted by atomic mass is 32.2. The van der Waals surface area contributed by atoms with Crippen LogP contribution in [-0.2, 0) is 16.6 Å². The summed E-state index contributed by atoms with van der Waals surface area (Å²) in [6, 6.07) is 20.2. The second kappa shape index (κ2) is 9.23. The summed E-state index contributed by atoms with van der Waals surface area (Å²) >= 11 is 0. The molecule has 1 aromatic heterocycles. The number of rotatable bonds is 8. The second-order valence-electron chi connectivity index (χ2n) is 8.22. The van der Waals surface area contributed by atoms with Gasteiger partial charge in [0.05, 0.1) is 11.3 Å². The van der Waals surface area contributed by atoms with Crippen LogP contribution in [0, 0.1) is 6.92 Å². The minimum Gasteiger partial charge on any atom is -0.487 e. The third-order valence-electron chi connectivity index (χ3n) is 5.36. The smallest absolute Gasteiger partial charge is 0.335 e. The summed E-state index contributed by atoms with van der Waals surface area (Å²) in [7, 11) is -4.00. The summed E-state index contributed by atoms with van der Waals surface area (Å²) in [5, 5.41) is 10.7. The van der Waals surface area contributed by atoms with Crippen molar-refractivity contribution in [1.29, 1.82) is 0 Å². The topological polar surface area (TPSA) is 97.0 Å². The van der Waals surface area contributed by atoms with Gasteiger partial charge in [0.2, 0.25) is 5.09 Å². The van der Waals surface area contributed by atoms with E-state index in [-0.39, 0.29) is 17.3 Å². The van der Waals surface area contributed by atoms with Crippen LogP contribution in [0.2, 0.25) is 0 Å². The minimum atomic E-state index is -4.00. The van der Waals surface area contributed by atoms with Gasteiger partial charge < -0.3 is 14.3 Å². The van der Waals surface area contributed by atoms with Gasteiger partial charge in [-0.3, -0.25) is 4.31 Å². The molecule has 4 rings (SSSR count). The number of hydrogen-bond acceptors (Lipinski definition) is 5. The van der Waals surface area contributed by atoms with Crippen molar-refractivity contribution in [3.63, 3.8) is 0 Å². The maximum absolute atomic E-state index is 13.6. The van der Waals surface area contributed by atoms with E-state index in [4.69, 9.17) is 14.3 Å². The van der Waals surface area contributed by atoms with E-state index < -0.39 is 22.0 Å². The highest BCUT2D eigenvalue weighted by molar-refractivity contribution is 7.92. The molecule has 0 amide bonds. The average Bonchev–Trinajstić information content (AvgIpc) is 3.25. The number of carboxylic acids is 1. The summed E-state index contributed by atoms with van der Waals surface area (Å²) in [6.07, 6.45) is 0. The van der Waals surface area contributed by atoms with Crippen molar-refractivity contribution < 1.29 is 27.5 Å². The van der Waals surface area contributed by atoms with Gasteiger partial charge >= 0.3 is 5.97 Å². The van der Waals surface area contributed by atoms with Gasteiger partial charge in [-0.2, -0.15) is 8.42 Å². The monoisotopic (exact) mass is 479 g/mol. The highest BCUT2D eigenvalue weighted by Gasteiger charge is 2.32. The van der Waals surface area contributed by atoms with Crippen LogP contribution >= 0.6 is 0 Å². The molecule has 0 saturated carbocycles. The van der Waals surface area contributed by atoms with Crippen molar-refractivity contribution >= 4 is 32.5 Å². The normalized spacial score (nSPS) is 11.6. The molecular formula is C26H25NO6S. The molecule has 0 aliphatic rings. The van der Waals surface area contributed by atoms with Crippen LogP contribution in [0.4, 0.5) is 5.69 Å². The molecular weight excluding hydrogens is 454 g/mol. The molecule has 0 aliphatic heterocycles. The Kier molecular flexibility index (Phi) is 6.34. The van der Waals surface area contributed by atoms with Gasteiger partial charge in [-0.05, 0) is 73.5 Å². The number of ether oxygens (including phenoxy) is 1. The minimum absolute atomic E-state index is 0.136. The lowest BCUT2D eigenvalue weighted by atomic mass is 10.1. The van der Waals surface area contributed by atoms with Gasteiger partial charge in [-0.25, -0.2) is 4.79 Å². The van der Waals surface area contributed by atoms with Crippen LogP contribution < -0.4 is 9.04 Å². The average molecular weight is 480 g/mol. The van der Waals surface area contributed by atoms with Crippen LogP contribution in [0.15, 0.2) is 82.3 Å². The van der Waals surface area contributed by atoms with E-state index in [2.05, 4.69) is 0 Å². The predicted molar refractivity (Wildman–Crippen MR) is 130 cm³/mol. The zero-order valence-electron chi connectivity index (χ0n) is 19.1. The Morgan fingerprint density at radius 3 is 2.21 bits per heavy atom. The molecule has 3 aromatic carbocycles. The van der Waals surface area contributed by atoms with E-state index in [1.54, 1.807) is 45.0 Å². The van der Waals surface area contributed by atoms with Gasteiger partial charge in [-0.15, -0.1) is 0 Å². The van der Waals surface area contributed by atoms with E-state index in [0.717, 1.165) is 16.3 Å². The molecule has 176 valence electrons. The molecule has 7 nitrogen and oxygen atoms in total. The van der Waals surface area contributed by atoms with Crippen LogP contribution in [0.5, 0.6) is 5.75 Å². The maximum atomic E-state index is 13.6. The van der Waals surface area contributed by atoms with Crippen molar-refractivity contribution in [3.8, 4) is 5.75 Å². The SMILES string of the molecule is Cc1ccc(S(=O)(=O)N(c2cc3ccccc3cc2OCc2ccc(C(=O)O)cc2)C(C)C)o1. The molecule has 1 heterocycles. The number of carboxylic acid groups (broad SMARTS) is 1. The Morgan fingerprint density at radius 1 is 1.00 bits per heavy atom. The van der Waals surface area contributed by atoms with Crippen molar-refractivity contribution in [2.75, 3.05) is 4.31 Å². The number of sulfonamides is 1. The molecule has 34 heavy (non-hydrogen) atoms. The third-order valence-corrected chi connectivity index (χ3v) is 7.22. The molecule has 0 bridgehead atoms. The molecule has 0 fully saturated rings. The zero-order chi connectivity index (χ0) is 24.5. The lowest BCUT2D eigenvalue weighted by Crippen LogP contribution is -2.37. The molecule has 4 aromatic rings. The summed E-state index contributed by atoms with van der Waals surface area (Å²) in [4.78, 5) is 11.1. The van der Waals surface area contributed by atoms with E-state index in [0.29, 0.717) is 17.2 Å². The molecule has 8 heteroatoms. The number of nitrogens with zero attached hydrogens (tertiary/aromatic N) is 1. The van der Waals surface area contributed by atoms with Gasteiger partial charge in [0.15, 0.2) is 0 Å². The first kappa shape index (κ1) is 23.4.